The van der Waals surface area contributed by atoms with Gasteiger partial charge in [0, 0.05) is 24.6 Å². The van der Waals surface area contributed by atoms with E-state index < -0.39 is 0 Å². The SMILES string of the molecule is COCC1(CNC(=O)c2ccc3c(c2)CCNCC3)CCNCC1. The Morgan fingerprint density at radius 3 is 2.58 bits per heavy atom. The number of carbonyl (C=O) groups is 1. The van der Waals surface area contributed by atoms with Gasteiger partial charge in [0.2, 0.25) is 0 Å². The van der Waals surface area contributed by atoms with Crippen molar-refractivity contribution in [2.24, 2.45) is 5.41 Å². The van der Waals surface area contributed by atoms with E-state index in [1.165, 1.54) is 11.1 Å². The number of benzene rings is 1. The van der Waals surface area contributed by atoms with Crippen LogP contribution in [0.15, 0.2) is 18.2 Å². The van der Waals surface area contributed by atoms with Gasteiger partial charge in [-0.15, -0.1) is 0 Å². The fourth-order valence-corrected chi connectivity index (χ4v) is 3.82. The van der Waals surface area contributed by atoms with Gasteiger partial charge in [-0.2, -0.15) is 0 Å². The lowest BCUT2D eigenvalue weighted by atomic mass is 9.79. The first-order valence-corrected chi connectivity index (χ1v) is 9.03. The summed E-state index contributed by atoms with van der Waals surface area (Å²) in [5.74, 6) is 0.0315. The van der Waals surface area contributed by atoms with Crippen molar-refractivity contribution < 1.29 is 9.53 Å². The molecule has 1 saturated heterocycles. The van der Waals surface area contributed by atoms with Crippen LogP contribution in [0.2, 0.25) is 0 Å². The maximum Gasteiger partial charge on any atom is 0.251 e. The maximum absolute atomic E-state index is 12.6. The van der Waals surface area contributed by atoms with Crippen molar-refractivity contribution in [3.05, 3.63) is 34.9 Å². The molecular formula is C19H29N3O2. The number of nitrogens with one attached hydrogen (secondary N) is 3. The number of amides is 1. The van der Waals surface area contributed by atoms with Crippen molar-refractivity contribution in [2.45, 2.75) is 25.7 Å². The van der Waals surface area contributed by atoms with Crippen LogP contribution in [0.5, 0.6) is 0 Å². The molecule has 0 aromatic heterocycles. The van der Waals surface area contributed by atoms with Crippen molar-refractivity contribution in [3.63, 3.8) is 0 Å². The molecule has 0 atom stereocenters. The van der Waals surface area contributed by atoms with Gasteiger partial charge in [-0.1, -0.05) is 6.07 Å². The van der Waals surface area contributed by atoms with Crippen molar-refractivity contribution in [2.75, 3.05) is 46.4 Å². The van der Waals surface area contributed by atoms with Crippen LogP contribution < -0.4 is 16.0 Å². The molecule has 0 spiro atoms. The van der Waals surface area contributed by atoms with Gasteiger partial charge >= 0.3 is 0 Å². The summed E-state index contributed by atoms with van der Waals surface area (Å²) in [6.45, 7) is 5.37. The molecule has 2 heterocycles. The fraction of sp³-hybridized carbons (Fsp3) is 0.632. The lowest BCUT2D eigenvalue weighted by molar-refractivity contribution is 0.0511. The first-order valence-electron chi connectivity index (χ1n) is 9.03. The molecule has 1 fully saturated rings. The number of hydrogen-bond acceptors (Lipinski definition) is 4. The Bertz CT molecular complexity index is 562. The van der Waals surface area contributed by atoms with Gasteiger partial charge in [0.25, 0.3) is 5.91 Å². The van der Waals surface area contributed by atoms with Gasteiger partial charge in [0.1, 0.15) is 0 Å². The smallest absolute Gasteiger partial charge is 0.251 e. The number of hydrogen-bond donors (Lipinski definition) is 3. The molecule has 2 aliphatic rings. The minimum Gasteiger partial charge on any atom is -0.384 e. The zero-order valence-electron chi connectivity index (χ0n) is 14.6. The summed E-state index contributed by atoms with van der Waals surface area (Å²) in [6.07, 6.45) is 4.12. The average Bonchev–Trinajstić information content (AvgIpc) is 2.85. The van der Waals surface area contributed by atoms with E-state index in [1.807, 2.05) is 6.07 Å². The minimum atomic E-state index is 0.0315. The molecule has 0 unspecified atom stereocenters. The van der Waals surface area contributed by atoms with Crippen molar-refractivity contribution in [1.29, 1.82) is 0 Å². The average molecular weight is 331 g/mol. The summed E-state index contributed by atoms with van der Waals surface area (Å²) >= 11 is 0. The summed E-state index contributed by atoms with van der Waals surface area (Å²) in [6, 6.07) is 6.15. The first-order chi connectivity index (χ1) is 11.7. The zero-order valence-corrected chi connectivity index (χ0v) is 14.6. The van der Waals surface area contributed by atoms with Gasteiger partial charge in [0.15, 0.2) is 0 Å². The molecule has 1 aromatic carbocycles. The van der Waals surface area contributed by atoms with E-state index in [0.717, 1.165) is 57.4 Å². The van der Waals surface area contributed by atoms with Gasteiger partial charge in [-0.05, 0) is 75.1 Å². The van der Waals surface area contributed by atoms with Crippen LogP contribution in [0.4, 0.5) is 0 Å². The number of rotatable bonds is 5. The topological polar surface area (TPSA) is 62.4 Å². The van der Waals surface area contributed by atoms with Gasteiger partial charge in [-0.25, -0.2) is 0 Å². The van der Waals surface area contributed by atoms with E-state index in [9.17, 15) is 4.79 Å². The highest BCUT2D eigenvalue weighted by Crippen LogP contribution is 2.28. The number of methoxy groups -OCH3 is 1. The van der Waals surface area contributed by atoms with Crippen molar-refractivity contribution in [3.8, 4) is 0 Å². The Kier molecular flexibility index (Phi) is 5.87. The third-order valence-corrected chi connectivity index (χ3v) is 5.35. The van der Waals surface area contributed by atoms with Crippen LogP contribution >= 0.6 is 0 Å². The van der Waals surface area contributed by atoms with Crippen LogP contribution in [0.25, 0.3) is 0 Å². The molecule has 5 nitrogen and oxygen atoms in total. The second-order valence-corrected chi connectivity index (χ2v) is 7.10. The molecule has 24 heavy (non-hydrogen) atoms. The predicted octanol–water partition coefficient (Wildman–Crippen LogP) is 1.12. The first kappa shape index (κ1) is 17.4. The summed E-state index contributed by atoms with van der Waals surface area (Å²) < 4.78 is 5.42. The Labute approximate surface area is 144 Å². The molecule has 0 radical (unpaired) electrons. The predicted molar refractivity (Wildman–Crippen MR) is 95.5 cm³/mol. The van der Waals surface area contributed by atoms with E-state index >= 15 is 0 Å². The summed E-state index contributed by atoms with van der Waals surface area (Å²) in [4.78, 5) is 12.6. The Morgan fingerprint density at radius 2 is 1.83 bits per heavy atom. The summed E-state index contributed by atoms with van der Waals surface area (Å²) in [5.41, 5.74) is 3.51. The third kappa shape index (κ3) is 4.15. The number of carbonyl (C=O) groups excluding carboxylic acids is 1. The number of ether oxygens (including phenoxy) is 1. The standard InChI is InChI=1S/C19H29N3O2/c1-24-14-19(6-10-21-11-7-19)13-22-18(23)17-3-2-15-4-8-20-9-5-16(15)12-17/h2-3,12,20-21H,4-11,13-14H2,1H3,(H,22,23). The molecule has 0 saturated carbocycles. The summed E-state index contributed by atoms with van der Waals surface area (Å²) in [5, 5.41) is 9.95. The second kappa shape index (κ2) is 8.10. The number of fused-ring (bicyclic) bond motifs is 1. The highest BCUT2D eigenvalue weighted by Gasteiger charge is 2.32. The van der Waals surface area contributed by atoms with Crippen LogP contribution in [0, 0.1) is 5.41 Å². The van der Waals surface area contributed by atoms with E-state index in [4.69, 9.17) is 4.74 Å². The quantitative estimate of drug-likeness (QED) is 0.757. The van der Waals surface area contributed by atoms with Crippen LogP contribution in [0.1, 0.15) is 34.3 Å². The largest absolute Gasteiger partial charge is 0.384 e. The molecule has 2 aliphatic heterocycles. The summed E-state index contributed by atoms with van der Waals surface area (Å²) in [7, 11) is 1.74. The molecule has 0 aliphatic carbocycles. The number of piperidine rings is 1. The molecule has 5 heteroatoms. The molecule has 0 bridgehead atoms. The Morgan fingerprint density at radius 1 is 1.12 bits per heavy atom. The van der Waals surface area contributed by atoms with Crippen LogP contribution in [-0.4, -0.2) is 52.3 Å². The van der Waals surface area contributed by atoms with E-state index in [2.05, 4.69) is 28.1 Å². The van der Waals surface area contributed by atoms with Crippen molar-refractivity contribution >= 4 is 5.91 Å². The molecular weight excluding hydrogens is 302 g/mol. The Hall–Kier alpha value is -1.43. The Balaban J connectivity index is 1.65. The van der Waals surface area contributed by atoms with E-state index in [1.54, 1.807) is 7.11 Å². The van der Waals surface area contributed by atoms with Crippen LogP contribution in [-0.2, 0) is 17.6 Å². The molecule has 1 aromatic rings. The van der Waals surface area contributed by atoms with Gasteiger partial charge < -0.3 is 20.7 Å². The normalized spacial score (nSPS) is 20.0. The highest BCUT2D eigenvalue weighted by molar-refractivity contribution is 5.94. The molecule has 1 amide bonds. The van der Waals surface area contributed by atoms with Crippen LogP contribution in [0.3, 0.4) is 0 Å². The van der Waals surface area contributed by atoms with Gasteiger partial charge in [0.05, 0.1) is 6.61 Å². The minimum absolute atomic E-state index is 0.0315. The molecule has 3 N–H and O–H groups in total. The highest BCUT2D eigenvalue weighted by atomic mass is 16.5. The van der Waals surface area contributed by atoms with E-state index in [-0.39, 0.29) is 11.3 Å². The lowest BCUT2D eigenvalue weighted by Gasteiger charge is -2.37. The zero-order chi connectivity index (χ0) is 16.8. The monoisotopic (exact) mass is 331 g/mol. The van der Waals surface area contributed by atoms with Gasteiger partial charge in [-0.3, -0.25) is 4.79 Å². The maximum atomic E-state index is 12.6. The van der Waals surface area contributed by atoms with E-state index in [0.29, 0.717) is 13.2 Å². The third-order valence-electron chi connectivity index (χ3n) is 5.35. The van der Waals surface area contributed by atoms with Crippen molar-refractivity contribution in [1.82, 2.24) is 16.0 Å². The molecule has 3 rings (SSSR count). The lowest BCUT2D eigenvalue weighted by Crippen LogP contribution is -2.47. The fourth-order valence-electron chi connectivity index (χ4n) is 3.82. The second-order valence-electron chi connectivity index (χ2n) is 7.10. The molecule has 132 valence electrons.